The molecule has 0 spiro atoms. The Balaban J connectivity index is 1.60. The van der Waals surface area contributed by atoms with Crippen LogP contribution in [0.2, 0.25) is 0 Å². The Morgan fingerprint density at radius 1 is 0.733 bits per heavy atom. The number of phenols is 3. The molecule has 0 aromatic heterocycles. The van der Waals surface area contributed by atoms with Crippen LogP contribution in [0.1, 0.15) is 53.0 Å². The van der Waals surface area contributed by atoms with E-state index in [1.54, 1.807) is 12.1 Å². The lowest BCUT2D eigenvalue weighted by atomic mass is 9.61. The first-order valence-electron chi connectivity index (χ1n) is 10.8. The van der Waals surface area contributed by atoms with Crippen LogP contribution in [0.25, 0.3) is 0 Å². The van der Waals surface area contributed by atoms with Crippen molar-refractivity contribution in [2.75, 3.05) is 0 Å². The van der Waals surface area contributed by atoms with Gasteiger partial charge < -0.3 is 15.3 Å². The SMILES string of the molecule is Cc1cc(C2(c3ccc(O)c(C)c3)CC3CC2CC3c2ccc(O)cc2)ccc1O. The van der Waals surface area contributed by atoms with Crippen LogP contribution in [0.15, 0.2) is 60.7 Å². The Bertz CT molecular complexity index is 1050. The Kier molecular flexibility index (Phi) is 4.32. The standard InChI is InChI=1S/C27H28O3/c1-16-11-20(5-9-25(16)29)27(21-6-10-26(30)17(2)12-21)15-19-13-22(27)14-24(19)18-3-7-23(28)8-4-18/h3-12,19,22,24,28-30H,13-15H2,1-2H3. The molecule has 0 aliphatic heterocycles. The van der Waals surface area contributed by atoms with E-state index in [0.29, 0.717) is 35.0 Å². The lowest BCUT2D eigenvalue weighted by Gasteiger charge is -2.42. The quantitative estimate of drug-likeness (QED) is 0.511. The second-order valence-corrected chi connectivity index (χ2v) is 9.30. The van der Waals surface area contributed by atoms with Gasteiger partial charge in [0, 0.05) is 5.41 Å². The molecular weight excluding hydrogens is 372 g/mol. The molecule has 154 valence electrons. The highest BCUT2D eigenvalue weighted by Crippen LogP contribution is 2.64. The third kappa shape index (κ3) is 2.79. The zero-order valence-electron chi connectivity index (χ0n) is 17.5. The second-order valence-electron chi connectivity index (χ2n) is 9.30. The average molecular weight is 401 g/mol. The van der Waals surface area contributed by atoms with Crippen molar-refractivity contribution in [3.05, 3.63) is 88.5 Å². The molecule has 2 bridgehead atoms. The summed E-state index contributed by atoms with van der Waals surface area (Å²) in [4.78, 5) is 0. The molecular formula is C27H28O3. The lowest BCUT2D eigenvalue weighted by Crippen LogP contribution is -2.36. The van der Waals surface area contributed by atoms with Gasteiger partial charge >= 0.3 is 0 Å². The molecule has 0 amide bonds. The molecule has 0 heterocycles. The third-order valence-corrected chi connectivity index (χ3v) is 7.72. The summed E-state index contributed by atoms with van der Waals surface area (Å²) < 4.78 is 0. The van der Waals surface area contributed by atoms with Gasteiger partial charge in [0.05, 0.1) is 0 Å². The number of fused-ring (bicyclic) bond motifs is 2. The number of aromatic hydroxyl groups is 3. The Hall–Kier alpha value is -2.94. The predicted octanol–water partition coefficient (Wildman–Crippen LogP) is 5.92. The zero-order chi connectivity index (χ0) is 21.0. The molecule has 3 unspecified atom stereocenters. The topological polar surface area (TPSA) is 60.7 Å². The van der Waals surface area contributed by atoms with Crippen molar-refractivity contribution in [3.63, 3.8) is 0 Å². The summed E-state index contributed by atoms with van der Waals surface area (Å²) >= 11 is 0. The van der Waals surface area contributed by atoms with Crippen molar-refractivity contribution < 1.29 is 15.3 Å². The van der Waals surface area contributed by atoms with Gasteiger partial charge in [-0.05, 0) is 103 Å². The first-order chi connectivity index (χ1) is 14.4. The van der Waals surface area contributed by atoms with Crippen molar-refractivity contribution in [1.82, 2.24) is 0 Å². The van der Waals surface area contributed by atoms with Crippen molar-refractivity contribution in [3.8, 4) is 17.2 Å². The summed E-state index contributed by atoms with van der Waals surface area (Å²) in [5, 5.41) is 29.9. The summed E-state index contributed by atoms with van der Waals surface area (Å²) in [5.41, 5.74) is 5.55. The highest BCUT2D eigenvalue weighted by molar-refractivity contribution is 5.50. The minimum atomic E-state index is -0.102. The van der Waals surface area contributed by atoms with Crippen molar-refractivity contribution >= 4 is 0 Å². The zero-order valence-corrected chi connectivity index (χ0v) is 17.5. The first kappa shape index (κ1) is 19.0. The fourth-order valence-corrected chi connectivity index (χ4v) is 6.20. The minimum Gasteiger partial charge on any atom is -0.508 e. The van der Waals surface area contributed by atoms with E-state index in [1.807, 2.05) is 26.0 Å². The maximum Gasteiger partial charge on any atom is 0.118 e. The molecule has 3 N–H and O–H groups in total. The van der Waals surface area contributed by atoms with Gasteiger partial charge in [0.1, 0.15) is 17.2 Å². The number of hydrogen-bond acceptors (Lipinski definition) is 3. The Morgan fingerprint density at radius 2 is 1.30 bits per heavy atom. The van der Waals surface area contributed by atoms with Crippen LogP contribution < -0.4 is 0 Å². The van der Waals surface area contributed by atoms with Crippen molar-refractivity contribution in [2.45, 2.75) is 44.4 Å². The monoisotopic (exact) mass is 400 g/mol. The van der Waals surface area contributed by atoms with Crippen LogP contribution in [0.5, 0.6) is 17.2 Å². The molecule has 3 aromatic rings. The van der Waals surface area contributed by atoms with Crippen LogP contribution in [0, 0.1) is 25.7 Å². The van der Waals surface area contributed by atoms with Crippen LogP contribution in [-0.2, 0) is 5.41 Å². The van der Waals surface area contributed by atoms with Crippen LogP contribution in [0.4, 0.5) is 0 Å². The van der Waals surface area contributed by atoms with E-state index in [0.717, 1.165) is 24.0 Å². The summed E-state index contributed by atoms with van der Waals surface area (Å²) in [6.07, 6.45) is 3.33. The van der Waals surface area contributed by atoms with Gasteiger partial charge in [-0.3, -0.25) is 0 Å². The molecule has 3 atom stereocenters. The van der Waals surface area contributed by atoms with Gasteiger partial charge in [-0.1, -0.05) is 36.4 Å². The van der Waals surface area contributed by atoms with E-state index in [4.69, 9.17) is 0 Å². The highest BCUT2D eigenvalue weighted by atomic mass is 16.3. The smallest absolute Gasteiger partial charge is 0.118 e. The van der Waals surface area contributed by atoms with Gasteiger partial charge in [-0.25, -0.2) is 0 Å². The first-order valence-corrected chi connectivity index (χ1v) is 10.8. The van der Waals surface area contributed by atoms with Crippen LogP contribution >= 0.6 is 0 Å². The van der Waals surface area contributed by atoms with E-state index in [9.17, 15) is 15.3 Å². The highest BCUT2D eigenvalue weighted by Gasteiger charge is 2.56. The molecule has 3 heteroatoms. The normalized spacial score (nSPS) is 24.3. The fourth-order valence-electron chi connectivity index (χ4n) is 6.20. The Labute approximate surface area is 177 Å². The molecule has 2 aliphatic rings. The van der Waals surface area contributed by atoms with Gasteiger partial charge in [-0.2, -0.15) is 0 Å². The Morgan fingerprint density at radius 3 is 1.77 bits per heavy atom. The molecule has 0 saturated heterocycles. The van der Waals surface area contributed by atoms with Gasteiger partial charge in [0.15, 0.2) is 0 Å². The summed E-state index contributed by atoms with van der Waals surface area (Å²) in [6.45, 7) is 3.92. The van der Waals surface area contributed by atoms with E-state index >= 15 is 0 Å². The molecule has 2 aliphatic carbocycles. The summed E-state index contributed by atoms with van der Waals surface area (Å²) in [5.74, 6) is 2.56. The maximum absolute atomic E-state index is 10.1. The molecule has 3 aromatic carbocycles. The van der Waals surface area contributed by atoms with Gasteiger partial charge in [-0.15, -0.1) is 0 Å². The van der Waals surface area contributed by atoms with Crippen molar-refractivity contribution in [2.24, 2.45) is 11.8 Å². The van der Waals surface area contributed by atoms with E-state index in [-0.39, 0.29) is 5.41 Å². The van der Waals surface area contributed by atoms with Crippen molar-refractivity contribution in [1.29, 1.82) is 0 Å². The van der Waals surface area contributed by atoms with E-state index in [2.05, 4.69) is 36.4 Å². The molecule has 3 nitrogen and oxygen atoms in total. The van der Waals surface area contributed by atoms with E-state index < -0.39 is 0 Å². The second kappa shape index (κ2) is 6.80. The lowest BCUT2D eigenvalue weighted by molar-refractivity contribution is 0.293. The number of phenolic OH excluding ortho intramolecular Hbond substituents is 3. The molecule has 2 fully saturated rings. The van der Waals surface area contributed by atoms with E-state index in [1.165, 1.54) is 23.1 Å². The summed E-state index contributed by atoms with van der Waals surface area (Å²) in [6, 6.07) is 19.8. The molecule has 5 rings (SSSR count). The maximum atomic E-state index is 10.1. The number of hydrogen-bond donors (Lipinski definition) is 3. The minimum absolute atomic E-state index is 0.102. The van der Waals surface area contributed by atoms with Crippen LogP contribution in [0.3, 0.4) is 0 Å². The summed E-state index contributed by atoms with van der Waals surface area (Å²) in [7, 11) is 0. The average Bonchev–Trinajstić information content (AvgIpc) is 3.32. The molecule has 2 saturated carbocycles. The predicted molar refractivity (Wildman–Crippen MR) is 118 cm³/mol. The number of benzene rings is 3. The van der Waals surface area contributed by atoms with Gasteiger partial charge in [0.25, 0.3) is 0 Å². The van der Waals surface area contributed by atoms with Gasteiger partial charge in [0.2, 0.25) is 0 Å². The third-order valence-electron chi connectivity index (χ3n) is 7.72. The number of aryl methyl sites for hydroxylation is 2. The molecule has 0 radical (unpaired) electrons. The van der Waals surface area contributed by atoms with Crippen LogP contribution in [-0.4, -0.2) is 15.3 Å². The number of rotatable bonds is 3. The molecule has 30 heavy (non-hydrogen) atoms. The largest absolute Gasteiger partial charge is 0.508 e. The fraction of sp³-hybridized carbons (Fsp3) is 0.333.